The summed E-state index contributed by atoms with van der Waals surface area (Å²) in [6.07, 6.45) is 3.25. The molecule has 37 heavy (non-hydrogen) atoms. The van der Waals surface area contributed by atoms with E-state index in [1.165, 1.54) is 18.3 Å². The molecule has 7 nitrogen and oxygen atoms in total. The SMILES string of the molecule is Cc1ccc(S(=O)(=O)N2CCN(CC(C)C)[C@@H](c3cc4cnn(-c5ccc(F)cc5)c4cc3C)C2)cn1. The van der Waals surface area contributed by atoms with Crippen molar-refractivity contribution >= 4 is 20.9 Å². The fraction of sp³-hybridized carbons (Fsp3) is 0.357. The zero-order chi connectivity index (χ0) is 26.3. The van der Waals surface area contributed by atoms with Gasteiger partial charge in [0.2, 0.25) is 10.0 Å². The van der Waals surface area contributed by atoms with Crippen molar-refractivity contribution in [3.63, 3.8) is 0 Å². The topological polar surface area (TPSA) is 71.3 Å². The number of pyridine rings is 1. The second-order valence-electron chi connectivity index (χ2n) is 10.2. The summed E-state index contributed by atoms with van der Waals surface area (Å²) in [7, 11) is -3.67. The molecule has 0 amide bonds. The van der Waals surface area contributed by atoms with Crippen LogP contribution in [0.3, 0.4) is 0 Å². The molecule has 0 saturated carbocycles. The van der Waals surface area contributed by atoms with Crippen molar-refractivity contribution in [3.05, 3.63) is 83.6 Å². The molecule has 1 saturated heterocycles. The minimum atomic E-state index is -3.67. The van der Waals surface area contributed by atoms with E-state index in [1.807, 2.05) is 13.1 Å². The number of halogens is 1. The molecule has 3 heterocycles. The summed E-state index contributed by atoms with van der Waals surface area (Å²) in [5, 5.41) is 5.51. The molecule has 5 rings (SSSR count). The maximum absolute atomic E-state index is 13.5. The van der Waals surface area contributed by atoms with Gasteiger partial charge in [0, 0.05) is 49.5 Å². The van der Waals surface area contributed by atoms with Gasteiger partial charge in [-0.3, -0.25) is 9.88 Å². The van der Waals surface area contributed by atoms with Gasteiger partial charge >= 0.3 is 0 Å². The maximum Gasteiger partial charge on any atom is 0.244 e. The summed E-state index contributed by atoms with van der Waals surface area (Å²) >= 11 is 0. The van der Waals surface area contributed by atoms with E-state index in [4.69, 9.17) is 0 Å². The van der Waals surface area contributed by atoms with Crippen LogP contribution in [-0.4, -0.2) is 58.6 Å². The smallest absolute Gasteiger partial charge is 0.244 e. The van der Waals surface area contributed by atoms with Crippen LogP contribution < -0.4 is 0 Å². The molecule has 4 aromatic rings. The second-order valence-corrected chi connectivity index (χ2v) is 12.1. The summed E-state index contributed by atoms with van der Waals surface area (Å²) in [6, 6.07) is 13.7. The average Bonchev–Trinajstić information content (AvgIpc) is 3.27. The normalized spacial score (nSPS) is 17.6. The zero-order valence-electron chi connectivity index (χ0n) is 21.6. The monoisotopic (exact) mass is 521 g/mol. The van der Waals surface area contributed by atoms with Crippen LogP contribution in [-0.2, 0) is 10.0 Å². The lowest BCUT2D eigenvalue weighted by Gasteiger charge is -2.42. The molecule has 2 aromatic heterocycles. The molecule has 1 aliphatic rings. The van der Waals surface area contributed by atoms with Crippen LogP contribution in [0.2, 0.25) is 0 Å². The second kappa shape index (κ2) is 9.96. The van der Waals surface area contributed by atoms with Crippen LogP contribution in [0.4, 0.5) is 4.39 Å². The summed E-state index contributed by atoms with van der Waals surface area (Å²) in [5.74, 6) is 0.152. The van der Waals surface area contributed by atoms with Crippen LogP contribution in [0.1, 0.15) is 36.7 Å². The Hall–Kier alpha value is -3.14. The lowest BCUT2D eigenvalue weighted by Crippen LogP contribution is -2.51. The van der Waals surface area contributed by atoms with Gasteiger partial charge in [0.05, 0.1) is 17.4 Å². The Labute approximate surface area is 217 Å². The number of sulfonamides is 1. The average molecular weight is 522 g/mol. The van der Waals surface area contributed by atoms with Crippen molar-refractivity contribution < 1.29 is 12.8 Å². The van der Waals surface area contributed by atoms with Crippen LogP contribution in [0.15, 0.2) is 65.8 Å². The number of benzene rings is 2. The van der Waals surface area contributed by atoms with Crippen LogP contribution in [0.5, 0.6) is 0 Å². The van der Waals surface area contributed by atoms with E-state index in [0.717, 1.165) is 40.0 Å². The van der Waals surface area contributed by atoms with E-state index in [-0.39, 0.29) is 16.8 Å². The van der Waals surface area contributed by atoms with E-state index < -0.39 is 10.0 Å². The van der Waals surface area contributed by atoms with E-state index in [9.17, 15) is 12.8 Å². The van der Waals surface area contributed by atoms with E-state index in [2.05, 4.69) is 47.9 Å². The Balaban J connectivity index is 1.52. The van der Waals surface area contributed by atoms with Gasteiger partial charge in [-0.1, -0.05) is 13.8 Å². The van der Waals surface area contributed by atoms with Crippen LogP contribution in [0, 0.1) is 25.6 Å². The number of fused-ring (bicyclic) bond motifs is 1. The highest BCUT2D eigenvalue weighted by Gasteiger charge is 2.36. The molecule has 194 valence electrons. The summed E-state index contributed by atoms with van der Waals surface area (Å²) in [6.45, 7) is 10.6. The highest BCUT2D eigenvalue weighted by atomic mass is 32.2. The van der Waals surface area contributed by atoms with Crippen molar-refractivity contribution in [2.45, 2.75) is 38.6 Å². The third-order valence-corrected chi connectivity index (χ3v) is 8.81. The Morgan fingerprint density at radius 1 is 1.03 bits per heavy atom. The summed E-state index contributed by atoms with van der Waals surface area (Å²) < 4.78 is 43.9. The molecule has 2 aromatic carbocycles. The quantitative estimate of drug-likeness (QED) is 0.362. The lowest BCUT2D eigenvalue weighted by molar-refractivity contribution is 0.105. The van der Waals surface area contributed by atoms with Gasteiger partial charge in [-0.05, 0) is 79.4 Å². The van der Waals surface area contributed by atoms with Crippen molar-refractivity contribution in [1.82, 2.24) is 24.0 Å². The number of piperazine rings is 1. The molecule has 0 N–H and O–H groups in total. The van der Waals surface area contributed by atoms with Gasteiger partial charge in [0.1, 0.15) is 10.7 Å². The standard InChI is InChI=1S/C28H32FN5O2S/c1-19(2)17-32-11-12-33(37(35,36)25-10-5-21(4)30-16-25)18-28(32)26-14-22-15-31-34(27(22)13-20(26)3)24-8-6-23(29)7-9-24/h5-10,13-16,19,28H,11-12,17-18H2,1-4H3/t28-/m1/s1. The fourth-order valence-corrected chi connectivity index (χ4v) is 6.48. The van der Waals surface area contributed by atoms with Crippen LogP contribution >= 0.6 is 0 Å². The highest BCUT2D eigenvalue weighted by Crippen LogP contribution is 2.34. The molecule has 0 unspecified atom stereocenters. The van der Waals surface area contributed by atoms with Crippen molar-refractivity contribution in [3.8, 4) is 5.69 Å². The van der Waals surface area contributed by atoms with Crippen molar-refractivity contribution in [2.24, 2.45) is 5.92 Å². The number of aryl methyl sites for hydroxylation is 2. The molecule has 0 bridgehead atoms. The fourth-order valence-electron chi connectivity index (χ4n) is 5.10. The summed E-state index contributed by atoms with van der Waals surface area (Å²) in [5.41, 5.74) is 4.64. The van der Waals surface area contributed by atoms with Gasteiger partial charge in [-0.15, -0.1) is 0 Å². The number of nitrogens with zero attached hydrogens (tertiary/aromatic N) is 5. The molecule has 9 heteroatoms. The van der Waals surface area contributed by atoms with Gasteiger partial charge in [-0.2, -0.15) is 9.40 Å². The maximum atomic E-state index is 13.5. The van der Waals surface area contributed by atoms with Gasteiger partial charge in [0.25, 0.3) is 0 Å². The third kappa shape index (κ3) is 5.03. The number of hydrogen-bond acceptors (Lipinski definition) is 5. The number of aromatic nitrogens is 3. The summed E-state index contributed by atoms with van der Waals surface area (Å²) in [4.78, 5) is 6.82. The van der Waals surface area contributed by atoms with E-state index in [1.54, 1.807) is 33.3 Å². The molecular weight excluding hydrogens is 489 g/mol. The van der Waals surface area contributed by atoms with E-state index >= 15 is 0 Å². The molecule has 0 aliphatic carbocycles. The van der Waals surface area contributed by atoms with Crippen LogP contribution in [0.25, 0.3) is 16.6 Å². The number of hydrogen-bond donors (Lipinski definition) is 0. The third-order valence-electron chi connectivity index (χ3n) is 6.96. The minimum Gasteiger partial charge on any atom is -0.293 e. The van der Waals surface area contributed by atoms with E-state index in [0.29, 0.717) is 25.6 Å². The lowest BCUT2D eigenvalue weighted by atomic mass is 9.96. The van der Waals surface area contributed by atoms with Crippen molar-refractivity contribution in [1.29, 1.82) is 0 Å². The first-order valence-electron chi connectivity index (χ1n) is 12.5. The van der Waals surface area contributed by atoms with Crippen molar-refractivity contribution in [2.75, 3.05) is 26.2 Å². The molecule has 0 spiro atoms. The first-order chi connectivity index (χ1) is 17.6. The Morgan fingerprint density at radius 2 is 1.78 bits per heavy atom. The van der Waals surface area contributed by atoms with Gasteiger partial charge in [-0.25, -0.2) is 17.5 Å². The zero-order valence-corrected chi connectivity index (χ0v) is 22.4. The highest BCUT2D eigenvalue weighted by molar-refractivity contribution is 7.89. The molecule has 1 fully saturated rings. The molecule has 1 atom stereocenters. The molecular formula is C28H32FN5O2S. The molecule has 1 aliphatic heterocycles. The Kier molecular flexibility index (Phi) is 6.87. The largest absolute Gasteiger partial charge is 0.293 e. The first-order valence-corrected chi connectivity index (χ1v) is 14.0. The van der Waals surface area contributed by atoms with Gasteiger partial charge < -0.3 is 0 Å². The Morgan fingerprint density at radius 3 is 2.46 bits per heavy atom. The predicted octanol–water partition coefficient (Wildman–Crippen LogP) is 4.88. The minimum absolute atomic E-state index is 0.0945. The number of rotatable bonds is 6. The Bertz CT molecular complexity index is 1510. The van der Waals surface area contributed by atoms with Gasteiger partial charge in [0.15, 0.2) is 0 Å². The first kappa shape index (κ1) is 25.5. The predicted molar refractivity (Wildman–Crippen MR) is 143 cm³/mol. The molecule has 0 radical (unpaired) electrons.